The molecule has 1 aromatic rings. The molecule has 5 nitrogen and oxygen atoms in total. The van der Waals surface area contributed by atoms with E-state index in [0.717, 1.165) is 4.88 Å². The standard InChI is InChI=1S/C10H12ClNO4S/c1-16-10(15)12-7(9(13)14)4-2-6-3-5-8(11)17-6/h3,5,7H,2,4H2,1H3,(H,12,15)(H,13,14). The molecule has 2 N–H and O–H groups in total. The lowest BCUT2D eigenvalue weighted by Gasteiger charge is -2.12. The summed E-state index contributed by atoms with van der Waals surface area (Å²) in [6.07, 6.45) is 0.0845. The Morgan fingerprint density at radius 1 is 1.59 bits per heavy atom. The van der Waals surface area contributed by atoms with E-state index in [9.17, 15) is 9.59 Å². The van der Waals surface area contributed by atoms with Gasteiger partial charge in [0.25, 0.3) is 0 Å². The number of thiophene rings is 1. The van der Waals surface area contributed by atoms with Gasteiger partial charge in [0.15, 0.2) is 0 Å². The number of carbonyl (C=O) groups excluding carboxylic acids is 1. The van der Waals surface area contributed by atoms with Crippen LogP contribution < -0.4 is 5.32 Å². The first-order valence-corrected chi connectivity index (χ1v) is 6.04. The minimum Gasteiger partial charge on any atom is -0.480 e. The van der Waals surface area contributed by atoms with Gasteiger partial charge in [0.05, 0.1) is 11.4 Å². The molecule has 0 saturated heterocycles. The molecule has 0 aromatic carbocycles. The number of rotatable bonds is 5. The van der Waals surface area contributed by atoms with Crippen molar-refractivity contribution in [2.75, 3.05) is 7.11 Å². The summed E-state index contributed by atoms with van der Waals surface area (Å²) >= 11 is 7.15. The van der Waals surface area contributed by atoms with Gasteiger partial charge in [-0.2, -0.15) is 0 Å². The normalized spacial score (nSPS) is 11.9. The fraction of sp³-hybridized carbons (Fsp3) is 0.400. The first-order valence-electron chi connectivity index (χ1n) is 4.84. The molecule has 1 amide bonds. The minimum atomic E-state index is -1.09. The highest BCUT2D eigenvalue weighted by Crippen LogP contribution is 2.22. The molecule has 0 spiro atoms. The van der Waals surface area contributed by atoms with E-state index < -0.39 is 18.1 Å². The van der Waals surface area contributed by atoms with Crippen LogP contribution in [0.15, 0.2) is 12.1 Å². The molecule has 0 saturated carbocycles. The van der Waals surface area contributed by atoms with Crippen LogP contribution in [0, 0.1) is 0 Å². The van der Waals surface area contributed by atoms with E-state index >= 15 is 0 Å². The van der Waals surface area contributed by atoms with Gasteiger partial charge in [0, 0.05) is 4.88 Å². The van der Waals surface area contributed by atoms with Crippen molar-refractivity contribution < 1.29 is 19.4 Å². The molecule has 0 aliphatic carbocycles. The van der Waals surface area contributed by atoms with Gasteiger partial charge >= 0.3 is 12.1 Å². The van der Waals surface area contributed by atoms with Crippen LogP contribution in [0.25, 0.3) is 0 Å². The molecule has 0 aliphatic heterocycles. The maximum absolute atomic E-state index is 10.9. The number of hydrogen-bond acceptors (Lipinski definition) is 4. The molecule has 1 heterocycles. The third-order valence-corrected chi connectivity index (χ3v) is 3.37. The zero-order valence-electron chi connectivity index (χ0n) is 9.10. The summed E-state index contributed by atoms with van der Waals surface area (Å²) in [6, 6.07) is 2.64. The minimum absolute atomic E-state index is 0.293. The number of amides is 1. The first-order chi connectivity index (χ1) is 8.02. The van der Waals surface area contributed by atoms with Gasteiger partial charge in [-0.05, 0) is 25.0 Å². The molecule has 0 bridgehead atoms. The smallest absolute Gasteiger partial charge is 0.407 e. The summed E-state index contributed by atoms with van der Waals surface area (Å²) < 4.78 is 5.02. The number of carboxylic acids is 1. The number of methoxy groups -OCH3 is 1. The Morgan fingerprint density at radius 2 is 2.29 bits per heavy atom. The van der Waals surface area contributed by atoms with E-state index in [-0.39, 0.29) is 0 Å². The number of halogens is 1. The molecule has 0 aliphatic rings. The molecular weight excluding hydrogens is 266 g/mol. The molecular formula is C10H12ClNO4S. The lowest BCUT2D eigenvalue weighted by molar-refractivity contribution is -0.139. The van der Waals surface area contributed by atoms with Crippen LogP contribution in [-0.4, -0.2) is 30.3 Å². The second kappa shape index (κ2) is 6.46. The van der Waals surface area contributed by atoms with Gasteiger partial charge in [0.1, 0.15) is 6.04 Å². The Balaban J connectivity index is 2.50. The molecule has 1 rings (SSSR count). The summed E-state index contributed by atoms with van der Waals surface area (Å²) in [4.78, 5) is 22.8. The molecule has 0 radical (unpaired) electrons. The topological polar surface area (TPSA) is 75.6 Å². The maximum Gasteiger partial charge on any atom is 0.407 e. The lowest BCUT2D eigenvalue weighted by Crippen LogP contribution is -2.40. The monoisotopic (exact) mass is 277 g/mol. The Kier molecular flexibility index (Phi) is 5.24. The van der Waals surface area contributed by atoms with Crippen molar-refractivity contribution in [3.8, 4) is 0 Å². The largest absolute Gasteiger partial charge is 0.480 e. The average Bonchev–Trinajstić information content (AvgIpc) is 2.69. The number of carbonyl (C=O) groups is 2. The molecule has 0 fully saturated rings. The Bertz CT molecular complexity index is 407. The third-order valence-electron chi connectivity index (χ3n) is 2.08. The molecule has 1 aromatic heterocycles. The lowest BCUT2D eigenvalue weighted by atomic mass is 10.1. The summed E-state index contributed by atoms with van der Waals surface area (Å²) in [7, 11) is 1.19. The van der Waals surface area contributed by atoms with E-state index in [4.69, 9.17) is 16.7 Å². The van der Waals surface area contributed by atoms with Crippen molar-refractivity contribution in [3.63, 3.8) is 0 Å². The van der Waals surface area contributed by atoms with Crippen LogP contribution in [0.3, 0.4) is 0 Å². The van der Waals surface area contributed by atoms with Crippen molar-refractivity contribution in [1.29, 1.82) is 0 Å². The van der Waals surface area contributed by atoms with Gasteiger partial charge in [-0.1, -0.05) is 11.6 Å². The Morgan fingerprint density at radius 3 is 2.76 bits per heavy atom. The fourth-order valence-corrected chi connectivity index (χ4v) is 2.33. The van der Waals surface area contributed by atoms with Crippen molar-refractivity contribution >= 4 is 35.0 Å². The van der Waals surface area contributed by atoms with Crippen molar-refractivity contribution in [3.05, 3.63) is 21.3 Å². The Labute approximate surface area is 107 Å². The van der Waals surface area contributed by atoms with E-state index in [0.29, 0.717) is 17.2 Å². The number of aliphatic carboxylic acids is 1. The van der Waals surface area contributed by atoms with Crippen molar-refractivity contribution in [1.82, 2.24) is 5.32 Å². The average molecular weight is 278 g/mol. The van der Waals surface area contributed by atoms with Crippen LogP contribution in [0.1, 0.15) is 11.3 Å². The summed E-state index contributed by atoms with van der Waals surface area (Å²) in [5, 5.41) is 11.2. The summed E-state index contributed by atoms with van der Waals surface area (Å²) in [5.74, 6) is -1.09. The van der Waals surface area contributed by atoms with Crippen LogP contribution in [0.2, 0.25) is 4.34 Å². The van der Waals surface area contributed by atoms with Gasteiger partial charge in [-0.3, -0.25) is 0 Å². The molecule has 94 valence electrons. The second-order valence-corrected chi connectivity index (χ2v) is 5.07. The quantitative estimate of drug-likeness (QED) is 0.865. The molecule has 17 heavy (non-hydrogen) atoms. The summed E-state index contributed by atoms with van der Waals surface area (Å²) in [6.45, 7) is 0. The van der Waals surface area contributed by atoms with E-state index in [1.807, 2.05) is 6.07 Å². The van der Waals surface area contributed by atoms with Crippen LogP contribution >= 0.6 is 22.9 Å². The number of alkyl carbamates (subject to hydrolysis) is 1. The molecule has 1 unspecified atom stereocenters. The van der Waals surface area contributed by atoms with Crippen LogP contribution in [-0.2, 0) is 16.0 Å². The molecule has 1 atom stereocenters. The Hall–Kier alpha value is -1.27. The van der Waals surface area contributed by atoms with Gasteiger partial charge in [-0.15, -0.1) is 11.3 Å². The highest BCUT2D eigenvalue weighted by Gasteiger charge is 2.20. The third kappa shape index (κ3) is 4.62. The zero-order chi connectivity index (χ0) is 12.8. The van der Waals surface area contributed by atoms with Crippen molar-refractivity contribution in [2.24, 2.45) is 0 Å². The zero-order valence-corrected chi connectivity index (χ0v) is 10.7. The highest BCUT2D eigenvalue weighted by atomic mass is 35.5. The number of hydrogen-bond donors (Lipinski definition) is 2. The highest BCUT2D eigenvalue weighted by molar-refractivity contribution is 7.16. The predicted octanol–water partition coefficient (Wildman–Crippen LogP) is 2.14. The number of aryl methyl sites for hydroxylation is 1. The van der Waals surface area contributed by atoms with Crippen molar-refractivity contribution in [2.45, 2.75) is 18.9 Å². The second-order valence-electron chi connectivity index (χ2n) is 3.27. The fourth-order valence-electron chi connectivity index (χ4n) is 1.23. The van der Waals surface area contributed by atoms with Gasteiger partial charge in [-0.25, -0.2) is 9.59 Å². The van der Waals surface area contributed by atoms with E-state index in [2.05, 4.69) is 10.1 Å². The van der Waals surface area contributed by atoms with Gasteiger partial charge in [0.2, 0.25) is 0 Å². The number of carboxylic acid groups (broad SMARTS) is 1. The van der Waals surface area contributed by atoms with E-state index in [1.165, 1.54) is 18.4 Å². The number of nitrogens with one attached hydrogen (secondary N) is 1. The summed E-state index contributed by atoms with van der Waals surface area (Å²) in [5.41, 5.74) is 0. The van der Waals surface area contributed by atoms with Crippen LogP contribution in [0.5, 0.6) is 0 Å². The SMILES string of the molecule is COC(=O)NC(CCc1ccc(Cl)s1)C(=O)O. The maximum atomic E-state index is 10.9. The first kappa shape index (κ1) is 13.8. The van der Waals surface area contributed by atoms with Crippen LogP contribution in [0.4, 0.5) is 4.79 Å². The predicted molar refractivity (Wildman–Crippen MR) is 64.6 cm³/mol. The molecule has 7 heteroatoms. The van der Waals surface area contributed by atoms with Gasteiger partial charge < -0.3 is 15.2 Å². The van der Waals surface area contributed by atoms with E-state index in [1.54, 1.807) is 6.07 Å². The number of ether oxygens (including phenoxy) is 1.